The highest BCUT2D eigenvalue weighted by Crippen LogP contribution is 1.77. The van der Waals surface area contributed by atoms with Gasteiger partial charge in [0.25, 0.3) is 0 Å². The van der Waals surface area contributed by atoms with Crippen LogP contribution in [0.15, 0.2) is 0 Å². The standard InChI is InChI=1S/C4H9NO/c1-3-4(5)6-2/h5H,3H2,1-2H3. The fourth-order valence-electron chi connectivity index (χ4n) is 0.144. The molecule has 0 aliphatic carbocycles. The van der Waals surface area contributed by atoms with Crippen molar-refractivity contribution in [2.75, 3.05) is 7.11 Å². The Kier molecular flexibility index (Phi) is 2.46. The van der Waals surface area contributed by atoms with Crippen molar-refractivity contribution in [3.8, 4) is 0 Å². The highest BCUT2D eigenvalue weighted by atomic mass is 16.5. The number of ether oxygens (including phenoxy) is 1. The van der Waals surface area contributed by atoms with Crippen molar-refractivity contribution in [3.05, 3.63) is 0 Å². The van der Waals surface area contributed by atoms with E-state index in [0.717, 1.165) is 0 Å². The zero-order chi connectivity index (χ0) is 4.99. The van der Waals surface area contributed by atoms with Crippen LogP contribution in [-0.4, -0.2) is 13.0 Å². The van der Waals surface area contributed by atoms with Gasteiger partial charge in [0.05, 0.1) is 7.11 Å². The van der Waals surface area contributed by atoms with Gasteiger partial charge in [-0.05, 0) is 0 Å². The molecule has 0 aromatic rings. The van der Waals surface area contributed by atoms with Crippen molar-refractivity contribution in [1.82, 2.24) is 0 Å². The largest absolute Gasteiger partial charge is 0.484 e. The van der Waals surface area contributed by atoms with E-state index in [9.17, 15) is 0 Å². The van der Waals surface area contributed by atoms with Gasteiger partial charge in [-0.15, -0.1) is 0 Å². The Hall–Kier alpha value is -0.530. The second-order valence-corrected chi connectivity index (χ2v) is 0.981. The summed E-state index contributed by atoms with van der Waals surface area (Å²) in [6, 6.07) is 0. The molecule has 0 saturated heterocycles. The van der Waals surface area contributed by atoms with Crippen LogP contribution in [0, 0.1) is 5.41 Å². The topological polar surface area (TPSA) is 33.1 Å². The van der Waals surface area contributed by atoms with Gasteiger partial charge < -0.3 is 4.74 Å². The van der Waals surface area contributed by atoms with E-state index in [4.69, 9.17) is 5.41 Å². The molecule has 0 bridgehead atoms. The monoisotopic (exact) mass is 87.1 g/mol. The Labute approximate surface area is 37.6 Å². The lowest BCUT2D eigenvalue weighted by Crippen LogP contribution is -1.93. The molecule has 0 spiro atoms. The van der Waals surface area contributed by atoms with Gasteiger partial charge in [0.15, 0.2) is 5.90 Å². The molecule has 1 N–H and O–H groups in total. The second kappa shape index (κ2) is 2.69. The molecule has 0 amide bonds. The molecule has 0 aliphatic heterocycles. The summed E-state index contributed by atoms with van der Waals surface area (Å²) in [5.41, 5.74) is 0. The molecule has 0 unspecified atom stereocenters. The van der Waals surface area contributed by atoms with Gasteiger partial charge in [-0.2, -0.15) is 0 Å². The molecule has 2 nitrogen and oxygen atoms in total. The van der Waals surface area contributed by atoms with Gasteiger partial charge in [0, 0.05) is 6.42 Å². The summed E-state index contributed by atoms with van der Waals surface area (Å²) >= 11 is 0. The lowest BCUT2D eigenvalue weighted by Gasteiger charge is -1.91. The first-order chi connectivity index (χ1) is 2.81. The molecule has 36 valence electrons. The molecule has 0 radical (unpaired) electrons. The second-order valence-electron chi connectivity index (χ2n) is 0.981. The van der Waals surface area contributed by atoms with Crippen LogP contribution in [0.3, 0.4) is 0 Å². The maximum Gasteiger partial charge on any atom is 0.179 e. The van der Waals surface area contributed by atoms with E-state index in [-0.39, 0.29) is 0 Å². The zero-order valence-corrected chi connectivity index (χ0v) is 4.12. The number of rotatable bonds is 1. The summed E-state index contributed by atoms with van der Waals surface area (Å²) in [5.74, 6) is 0.343. The van der Waals surface area contributed by atoms with E-state index in [2.05, 4.69) is 4.74 Å². The van der Waals surface area contributed by atoms with Gasteiger partial charge in [-0.1, -0.05) is 6.92 Å². The molecule has 0 rings (SSSR count). The minimum absolute atomic E-state index is 0.343. The number of hydrogen-bond donors (Lipinski definition) is 1. The molecule has 0 aromatic carbocycles. The van der Waals surface area contributed by atoms with E-state index in [1.165, 1.54) is 7.11 Å². The van der Waals surface area contributed by atoms with Crippen LogP contribution in [0.1, 0.15) is 13.3 Å². The fraction of sp³-hybridized carbons (Fsp3) is 0.750. The molecular formula is C4H9NO. The number of methoxy groups -OCH3 is 1. The van der Waals surface area contributed by atoms with Gasteiger partial charge in [-0.25, -0.2) is 0 Å². The molecular weight excluding hydrogens is 78.0 g/mol. The van der Waals surface area contributed by atoms with Crippen LogP contribution in [0.2, 0.25) is 0 Å². The van der Waals surface area contributed by atoms with E-state index < -0.39 is 0 Å². The Morgan fingerprint density at radius 2 is 2.33 bits per heavy atom. The average Bonchev–Trinajstić information content (AvgIpc) is 1.65. The summed E-state index contributed by atoms with van der Waals surface area (Å²) in [6.07, 6.45) is 0.691. The maximum atomic E-state index is 6.76. The third-order valence-corrected chi connectivity index (χ3v) is 0.568. The lowest BCUT2D eigenvalue weighted by atomic mass is 10.5. The molecule has 6 heavy (non-hydrogen) atoms. The Balaban J connectivity index is 2.99. The molecule has 0 aliphatic rings. The van der Waals surface area contributed by atoms with Crippen molar-refractivity contribution >= 4 is 5.90 Å². The Bertz CT molecular complexity index is 45.5. The summed E-state index contributed by atoms with van der Waals surface area (Å²) < 4.78 is 4.48. The molecule has 0 atom stereocenters. The predicted molar refractivity (Wildman–Crippen MR) is 25.0 cm³/mol. The van der Waals surface area contributed by atoms with E-state index in [0.29, 0.717) is 12.3 Å². The normalized spacial score (nSPS) is 7.67. The van der Waals surface area contributed by atoms with Crippen LogP contribution in [0.4, 0.5) is 0 Å². The number of hydrogen-bond acceptors (Lipinski definition) is 2. The smallest absolute Gasteiger partial charge is 0.179 e. The first-order valence-electron chi connectivity index (χ1n) is 1.92. The van der Waals surface area contributed by atoms with E-state index in [1.807, 2.05) is 6.92 Å². The Morgan fingerprint density at radius 1 is 1.83 bits per heavy atom. The molecule has 0 saturated carbocycles. The number of nitrogens with one attached hydrogen (secondary N) is 1. The quantitative estimate of drug-likeness (QED) is 0.376. The maximum absolute atomic E-state index is 6.76. The van der Waals surface area contributed by atoms with Crippen LogP contribution in [-0.2, 0) is 4.74 Å². The third kappa shape index (κ3) is 1.76. The molecule has 2 heteroatoms. The average molecular weight is 87.1 g/mol. The van der Waals surface area contributed by atoms with Crippen molar-refractivity contribution < 1.29 is 4.74 Å². The molecule has 0 heterocycles. The first-order valence-corrected chi connectivity index (χ1v) is 1.92. The van der Waals surface area contributed by atoms with Gasteiger partial charge in [0.2, 0.25) is 0 Å². The minimum atomic E-state index is 0.343. The first kappa shape index (κ1) is 5.47. The predicted octanol–water partition coefficient (Wildman–Crippen LogP) is 1.02. The summed E-state index contributed by atoms with van der Waals surface area (Å²) in [7, 11) is 1.51. The van der Waals surface area contributed by atoms with Crippen LogP contribution in [0.5, 0.6) is 0 Å². The lowest BCUT2D eigenvalue weighted by molar-refractivity contribution is 0.388. The van der Waals surface area contributed by atoms with Gasteiger partial charge in [0.1, 0.15) is 0 Å². The molecule has 0 aromatic heterocycles. The molecule has 0 fully saturated rings. The van der Waals surface area contributed by atoms with Crippen LogP contribution in [0.25, 0.3) is 0 Å². The van der Waals surface area contributed by atoms with Crippen molar-refractivity contribution in [3.63, 3.8) is 0 Å². The fourth-order valence-corrected chi connectivity index (χ4v) is 0.144. The highest BCUT2D eigenvalue weighted by molar-refractivity contribution is 5.71. The summed E-state index contributed by atoms with van der Waals surface area (Å²) in [6.45, 7) is 1.88. The third-order valence-electron chi connectivity index (χ3n) is 0.568. The Morgan fingerprint density at radius 3 is 2.33 bits per heavy atom. The van der Waals surface area contributed by atoms with Gasteiger partial charge in [-0.3, -0.25) is 5.41 Å². The highest BCUT2D eigenvalue weighted by Gasteiger charge is 1.81. The van der Waals surface area contributed by atoms with Crippen molar-refractivity contribution in [2.24, 2.45) is 0 Å². The SMILES string of the molecule is CCC(=N)OC. The van der Waals surface area contributed by atoms with Crippen molar-refractivity contribution in [2.45, 2.75) is 13.3 Å². The van der Waals surface area contributed by atoms with Gasteiger partial charge >= 0.3 is 0 Å². The van der Waals surface area contributed by atoms with E-state index >= 15 is 0 Å². The summed E-state index contributed by atoms with van der Waals surface area (Å²) in [4.78, 5) is 0. The van der Waals surface area contributed by atoms with Crippen LogP contribution >= 0.6 is 0 Å². The van der Waals surface area contributed by atoms with Crippen molar-refractivity contribution in [1.29, 1.82) is 5.41 Å². The summed E-state index contributed by atoms with van der Waals surface area (Å²) in [5, 5.41) is 6.76. The minimum Gasteiger partial charge on any atom is -0.484 e. The van der Waals surface area contributed by atoms with Crippen LogP contribution < -0.4 is 0 Å². The van der Waals surface area contributed by atoms with E-state index in [1.54, 1.807) is 0 Å². The zero-order valence-electron chi connectivity index (χ0n) is 4.12.